The maximum atomic E-state index is 9.09. The van der Waals surface area contributed by atoms with Crippen LogP contribution >= 0.6 is 0 Å². The third kappa shape index (κ3) is 4.02. The molecule has 0 unspecified atom stereocenters. The van der Waals surface area contributed by atoms with E-state index in [9.17, 15) is 0 Å². The van der Waals surface area contributed by atoms with Crippen molar-refractivity contribution in [3.63, 3.8) is 0 Å². The SMILES string of the molecule is Cc1cc(Nc2cc3ncccc3c(N[C@@H]3C[C@H]4CC[C@@H](C3)N4C[C@H]3C[C@@H](C#N)C3)n2)n[nH]1. The fourth-order valence-electron chi connectivity index (χ4n) is 6.03. The molecule has 8 heteroatoms. The Morgan fingerprint density at radius 1 is 1.15 bits per heavy atom. The van der Waals surface area contributed by atoms with Gasteiger partial charge >= 0.3 is 0 Å². The molecule has 170 valence electrons. The smallest absolute Gasteiger partial charge is 0.153 e. The van der Waals surface area contributed by atoms with Gasteiger partial charge in [-0.3, -0.25) is 15.0 Å². The fourth-order valence-corrected chi connectivity index (χ4v) is 6.03. The monoisotopic (exact) mass is 442 g/mol. The van der Waals surface area contributed by atoms with Gasteiger partial charge in [-0.2, -0.15) is 10.4 Å². The van der Waals surface area contributed by atoms with Gasteiger partial charge in [0.15, 0.2) is 5.82 Å². The van der Waals surface area contributed by atoms with Crippen molar-refractivity contribution in [3.05, 3.63) is 36.2 Å². The number of hydrogen-bond acceptors (Lipinski definition) is 7. The zero-order valence-electron chi connectivity index (χ0n) is 19.0. The molecule has 3 aromatic heterocycles. The number of piperidine rings is 1. The van der Waals surface area contributed by atoms with Crippen LogP contribution in [-0.4, -0.2) is 49.7 Å². The van der Waals surface area contributed by atoms with E-state index in [-0.39, 0.29) is 0 Å². The van der Waals surface area contributed by atoms with Crippen LogP contribution < -0.4 is 10.6 Å². The van der Waals surface area contributed by atoms with E-state index in [0.29, 0.717) is 30.0 Å². The van der Waals surface area contributed by atoms with Gasteiger partial charge < -0.3 is 10.6 Å². The first kappa shape index (κ1) is 20.4. The zero-order valence-corrected chi connectivity index (χ0v) is 19.0. The summed E-state index contributed by atoms with van der Waals surface area (Å²) in [6.45, 7) is 3.15. The van der Waals surface area contributed by atoms with Crippen molar-refractivity contribution in [3.8, 4) is 6.07 Å². The summed E-state index contributed by atoms with van der Waals surface area (Å²) in [7, 11) is 0. The molecule has 0 aromatic carbocycles. The lowest BCUT2D eigenvalue weighted by Crippen LogP contribution is -2.50. The lowest BCUT2D eigenvalue weighted by atomic mass is 9.75. The standard InChI is InChI=1S/C25H30N8/c1-15-7-24(32-31-15)29-23-12-22-21(3-2-6-27-22)25(30-23)28-18-10-19-4-5-20(11-18)33(19)14-17-8-16(9-17)13-26/h2-3,6-7,12,16-20H,4-5,8-11,14H2,1H3,(H3,28,29,30,31,32)/t16-,17+,18-,19-,20+. The first-order valence-corrected chi connectivity index (χ1v) is 12.1. The van der Waals surface area contributed by atoms with Gasteiger partial charge in [-0.05, 0) is 63.5 Å². The van der Waals surface area contributed by atoms with Crippen LogP contribution in [0.4, 0.5) is 17.5 Å². The van der Waals surface area contributed by atoms with E-state index in [1.165, 1.54) is 19.4 Å². The molecular formula is C25H30N8. The molecule has 2 bridgehead atoms. The molecule has 5 heterocycles. The summed E-state index contributed by atoms with van der Waals surface area (Å²) < 4.78 is 0. The highest BCUT2D eigenvalue weighted by atomic mass is 15.2. The molecule has 3 aromatic rings. The van der Waals surface area contributed by atoms with Crippen LogP contribution in [0, 0.1) is 30.1 Å². The highest BCUT2D eigenvalue weighted by Crippen LogP contribution is 2.41. The van der Waals surface area contributed by atoms with Gasteiger partial charge in [0.05, 0.1) is 11.6 Å². The molecule has 2 aliphatic heterocycles. The number of nitrogens with zero attached hydrogens (tertiary/aromatic N) is 5. The third-order valence-electron chi connectivity index (χ3n) is 7.67. The highest BCUT2D eigenvalue weighted by molar-refractivity contribution is 5.91. The van der Waals surface area contributed by atoms with Crippen LogP contribution in [0.5, 0.6) is 0 Å². The minimum atomic E-state index is 0.297. The molecule has 1 saturated carbocycles. The summed E-state index contributed by atoms with van der Waals surface area (Å²) >= 11 is 0. The van der Waals surface area contributed by atoms with E-state index in [4.69, 9.17) is 10.2 Å². The summed E-state index contributed by atoms with van der Waals surface area (Å²) in [6.07, 6.45) is 8.86. The number of aromatic nitrogens is 4. The lowest BCUT2D eigenvalue weighted by Gasteiger charge is -2.43. The Kier molecular flexibility index (Phi) is 5.14. The Morgan fingerprint density at radius 3 is 2.70 bits per heavy atom. The summed E-state index contributed by atoms with van der Waals surface area (Å²) in [5.41, 5.74) is 1.92. The number of nitriles is 1. The number of nitrogens with one attached hydrogen (secondary N) is 3. The first-order chi connectivity index (χ1) is 16.1. The maximum Gasteiger partial charge on any atom is 0.153 e. The largest absolute Gasteiger partial charge is 0.367 e. The number of aromatic amines is 1. The summed E-state index contributed by atoms with van der Waals surface area (Å²) in [5, 5.41) is 24.5. The molecular weight excluding hydrogens is 412 g/mol. The number of fused-ring (bicyclic) bond motifs is 3. The van der Waals surface area contributed by atoms with Crippen molar-refractivity contribution in [2.75, 3.05) is 17.2 Å². The van der Waals surface area contributed by atoms with Crippen LogP contribution in [0.3, 0.4) is 0 Å². The quantitative estimate of drug-likeness (QED) is 0.521. The second-order valence-corrected chi connectivity index (χ2v) is 10.0. The van der Waals surface area contributed by atoms with Gasteiger partial charge in [0.1, 0.15) is 11.6 Å². The van der Waals surface area contributed by atoms with E-state index in [1.807, 2.05) is 31.3 Å². The third-order valence-corrected chi connectivity index (χ3v) is 7.67. The minimum Gasteiger partial charge on any atom is -0.367 e. The molecule has 2 saturated heterocycles. The van der Waals surface area contributed by atoms with Crippen molar-refractivity contribution in [2.24, 2.45) is 11.8 Å². The maximum absolute atomic E-state index is 9.09. The van der Waals surface area contributed by atoms with Crippen molar-refractivity contribution < 1.29 is 0 Å². The Balaban J connectivity index is 1.18. The predicted octanol–water partition coefficient (Wildman–Crippen LogP) is 4.36. The Labute approximate surface area is 193 Å². The number of hydrogen-bond donors (Lipinski definition) is 3. The number of anilines is 3. The van der Waals surface area contributed by atoms with Crippen LogP contribution in [0.2, 0.25) is 0 Å². The van der Waals surface area contributed by atoms with E-state index < -0.39 is 0 Å². The van der Waals surface area contributed by atoms with Crippen LogP contribution in [0.25, 0.3) is 10.9 Å². The second-order valence-electron chi connectivity index (χ2n) is 10.0. The predicted molar refractivity (Wildman–Crippen MR) is 128 cm³/mol. The molecule has 33 heavy (non-hydrogen) atoms. The van der Waals surface area contributed by atoms with E-state index in [1.54, 1.807) is 0 Å². The van der Waals surface area contributed by atoms with Crippen molar-refractivity contribution in [1.82, 2.24) is 25.1 Å². The molecule has 3 aliphatic rings. The second kappa shape index (κ2) is 8.31. The van der Waals surface area contributed by atoms with Gasteiger partial charge in [0.25, 0.3) is 0 Å². The highest BCUT2D eigenvalue weighted by Gasteiger charge is 2.43. The van der Waals surface area contributed by atoms with Crippen LogP contribution in [-0.2, 0) is 0 Å². The summed E-state index contributed by atoms with van der Waals surface area (Å²) in [5.74, 6) is 3.40. The zero-order chi connectivity index (χ0) is 22.4. The molecule has 0 radical (unpaired) electrons. The van der Waals surface area contributed by atoms with E-state index >= 15 is 0 Å². The molecule has 3 atom stereocenters. The molecule has 3 fully saturated rings. The van der Waals surface area contributed by atoms with Crippen LogP contribution in [0.15, 0.2) is 30.5 Å². The Hall–Kier alpha value is -3.18. The van der Waals surface area contributed by atoms with E-state index in [2.05, 4.69) is 42.9 Å². The average Bonchev–Trinajstić information content (AvgIpc) is 3.29. The molecule has 0 spiro atoms. The molecule has 1 aliphatic carbocycles. The van der Waals surface area contributed by atoms with Crippen LogP contribution in [0.1, 0.15) is 44.2 Å². The Bertz CT molecular complexity index is 1180. The fraction of sp³-hybridized carbons (Fsp3) is 0.520. The Morgan fingerprint density at radius 2 is 1.97 bits per heavy atom. The van der Waals surface area contributed by atoms with Gasteiger partial charge in [0.2, 0.25) is 0 Å². The molecule has 8 nitrogen and oxygen atoms in total. The van der Waals surface area contributed by atoms with Gasteiger partial charge in [-0.15, -0.1) is 0 Å². The molecule has 3 N–H and O–H groups in total. The van der Waals surface area contributed by atoms with Crippen molar-refractivity contribution in [2.45, 2.75) is 63.6 Å². The lowest BCUT2D eigenvalue weighted by molar-refractivity contribution is 0.0771. The summed E-state index contributed by atoms with van der Waals surface area (Å²) in [4.78, 5) is 12.2. The van der Waals surface area contributed by atoms with Crippen molar-refractivity contribution in [1.29, 1.82) is 5.26 Å². The first-order valence-electron chi connectivity index (χ1n) is 12.1. The number of pyridine rings is 2. The number of H-pyrrole nitrogens is 1. The normalized spacial score (nSPS) is 28.9. The van der Waals surface area contributed by atoms with Gasteiger partial charge in [0, 0.05) is 60.0 Å². The molecule has 6 rings (SSSR count). The van der Waals surface area contributed by atoms with Gasteiger partial charge in [-0.25, -0.2) is 4.98 Å². The number of aryl methyl sites for hydroxylation is 1. The summed E-state index contributed by atoms with van der Waals surface area (Å²) in [6, 6.07) is 12.1. The molecule has 0 amide bonds. The minimum absolute atomic E-state index is 0.297. The average molecular weight is 443 g/mol. The topological polar surface area (TPSA) is 106 Å². The van der Waals surface area contributed by atoms with Gasteiger partial charge in [-0.1, -0.05) is 0 Å². The van der Waals surface area contributed by atoms with Crippen molar-refractivity contribution >= 4 is 28.4 Å². The van der Waals surface area contributed by atoms with E-state index in [0.717, 1.165) is 59.7 Å². The number of rotatable bonds is 6.